The molecule has 2 N–H and O–H groups in total. The first kappa shape index (κ1) is 15.5. The summed E-state index contributed by atoms with van der Waals surface area (Å²) in [6.45, 7) is 9.02. The minimum absolute atomic E-state index is 0.0160. The molecule has 0 aliphatic rings. The number of rotatable bonds is 5. The fourth-order valence-corrected chi connectivity index (χ4v) is 3.29. The van der Waals surface area contributed by atoms with Crippen molar-refractivity contribution in [1.29, 1.82) is 0 Å². The van der Waals surface area contributed by atoms with Crippen molar-refractivity contribution >= 4 is 22.9 Å². The van der Waals surface area contributed by atoms with E-state index in [4.69, 9.17) is 0 Å². The molecule has 0 saturated carbocycles. The van der Waals surface area contributed by atoms with E-state index >= 15 is 0 Å². The van der Waals surface area contributed by atoms with Crippen LogP contribution in [-0.4, -0.2) is 17.4 Å². The summed E-state index contributed by atoms with van der Waals surface area (Å²) in [5.41, 5.74) is 2.54. The third kappa shape index (κ3) is 3.82. The molecule has 0 aromatic carbocycles. The third-order valence-corrected chi connectivity index (χ3v) is 4.25. The number of anilines is 1. The predicted molar refractivity (Wildman–Crippen MR) is 88.1 cm³/mol. The second kappa shape index (κ2) is 6.72. The van der Waals surface area contributed by atoms with E-state index in [1.165, 1.54) is 15.3 Å². The molecule has 0 bridgehead atoms. The van der Waals surface area contributed by atoms with Gasteiger partial charge >= 0.3 is 0 Å². The van der Waals surface area contributed by atoms with Crippen molar-refractivity contribution in [3.05, 3.63) is 45.4 Å². The Morgan fingerprint density at radius 2 is 2.14 bits per heavy atom. The van der Waals surface area contributed by atoms with Crippen LogP contribution in [-0.2, 0) is 0 Å². The van der Waals surface area contributed by atoms with E-state index < -0.39 is 0 Å². The van der Waals surface area contributed by atoms with E-state index in [1.54, 1.807) is 23.6 Å². The van der Waals surface area contributed by atoms with Crippen LogP contribution in [0.25, 0.3) is 0 Å². The molecule has 2 aromatic rings. The molecule has 0 spiro atoms. The standard InChI is InChI=1S/C16H21N3OS/c1-5-17-13-6-7-15(18-9-13)16(20)19-11(3)14-8-10(2)21-12(14)4/h6-9,11,17H,5H2,1-4H3,(H,19,20). The topological polar surface area (TPSA) is 54.0 Å². The largest absolute Gasteiger partial charge is 0.384 e. The van der Waals surface area contributed by atoms with Crippen molar-refractivity contribution in [2.24, 2.45) is 0 Å². The molecule has 0 radical (unpaired) electrons. The number of amides is 1. The van der Waals surface area contributed by atoms with Crippen LogP contribution in [0.5, 0.6) is 0 Å². The summed E-state index contributed by atoms with van der Waals surface area (Å²) in [4.78, 5) is 18.9. The van der Waals surface area contributed by atoms with Crippen molar-refractivity contribution in [3.63, 3.8) is 0 Å². The van der Waals surface area contributed by atoms with Crippen LogP contribution < -0.4 is 10.6 Å². The van der Waals surface area contributed by atoms with Crippen molar-refractivity contribution in [2.45, 2.75) is 33.7 Å². The Morgan fingerprint density at radius 1 is 1.38 bits per heavy atom. The molecule has 5 heteroatoms. The van der Waals surface area contributed by atoms with E-state index in [1.807, 2.05) is 19.9 Å². The number of carbonyl (C=O) groups excluding carboxylic acids is 1. The molecule has 0 fully saturated rings. The molecule has 0 aliphatic heterocycles. The molecular weight excluding hydrogens is 282 g/mol. The second-order valence-electron chi connectivity index (χ2n) is 5.03. The molecule has 2 heterocycles. The highest BCUT2D eigenvalue weighted by Gasteiger charge is 2.15. The molecule has 4 nitrogen and oxygen atoms in total. The second-order valence-corrected chi connectivity index (χ2v) is 6.49. The minimum Gasteiger partial charge on any atom is -0.384 e. The normalized spacial score (nSPS) is 12.0. The van der Waals surface area contributed by atoms with Gasteiger partial charge in [-0.1, -0.05) is 0 Å². The summed E-state index contributed by atoms with van der Waals surface area (Å²) in [6.07, 6.45) is 1.68. The number of aryl methyl sites for hydroxylation is 2. The SMILES string of the molecule is CCNc1ccc(C(=O)NC(C)c2cc(C)sc2C)nc1. The number of hydrogen-bond donors (Lipinski definition) is 2. The quantitative estimate of drug-likeness (QED) is 0.886. The molecular formula is C16H21N3OS. The summed E-state index contributed by atoms with van der Waals surface area (Å²) in [5, 5.41) is 6.16. The number of carbonyl (C=O) groups is 1. The predicted octanol–water partition coefficient (Wildman–Crippen LogP) is 3.68. The van der Waals surface area contributed by atoms with Crippen LogP contribution in [0.3, 0.4) is 0 Å². The summed E-state index contributed by atoms with van der Waals surface area (Å²) in [7, 11) is 0. The van der Waals surface area contributed by atoms with Crippen LogP contribution in [0.4, 0.5) is 5.69 Å². The van der Waals surface area contributed by atoms with E-state index in [0.717, 1.165) is 12.2 Å². The average Bonchev–Trinajstić information content (AvgIpc) is 2.79. The zero-order valence-electron chi connectivity index (χ0n) is 12.9. The van der Waals surface area contributed by atoms with Gasteiger partial charge in [0.15, 0.2) is 0 Å². The van der Waals surface area contributed by atoms with E-state index in [-0.39, 0.29) is 11.9 Å². The molecule has 2 aromatic heterocycles. The maximum absolute atomic E-state index is 12.2. The Hall–Kier alpha value is -1.88. The lowest BCUT2D eigenvalue weighted by molar-refractivity contribution is 0.0935. The minimum atomic E-state index is -0.145. The highest BCUT2D eigenvalue weighted by Crippen LogP contribution is 2.26. The first-order valence-corrected chi connectivity index (χ1v) is 7.90. The Balaban J connectivity index is 2.05. The summed E-state index contributed by atoms with van der Waals surface area (Å²) >= 11 is 1.75. The van der Waals surface area contributed by atoms with Crippen LogP contribution >= 0.6 is 11.3 Å². The number of thiophene rings is 1. The van der Waals surface area contributed by atoms with Crippen LogP contribution in [0, 0.1) is 13.8 Å². The number of pyridine rings is 1. The van der Waals surface area contributed by atoms with Crippen molar-refractivity contribution in [2.75, 3.05) is 11.9 Å². The maximum Gasteiger partial charge on any atom is 0.270 e. The van der Waals surface area contributed by atoms with E-state index in [0.29, 0.717) is 5.69 Å². The number of nitrogens with one attached hydrogen (secondary N) is 2. The average molecular weight is 303 g/mol. The Morgan fingerprint density at radius 3 is 2.67 bits per heavy atom. The summed E-state index contributed by atoms with van der Waals surface area (Å²) < 4.78 is 0. The lowest BCUT2D eigenvalue weighted by Crippen LogP contribution is -2.27. The zero-order chi connectivity index (χ0) is 15.4. The van der Waals surface area contributed by atoms with Crippen LogP contribution in [0.1, 0.15) is 45.7 Å². The van der Waals surface area contributed by atoms with E-state index in [9.17, 15) is 4.79 Å². The summed E-state index contributed by atoms with van der Waals surface area (Å²) in [5.74, 6) is -0.145. The van der Waals surface area contributed by atoms with Gasteiger partial charge < -0.3 is 10.6 Å². The van der Waals surface area contributed by atoms with Crippen molar-refractivity contribution in [1.82, 2.24) is 10.3 Å². The first-order valence-electron chi connectivity index (χ1n) is 7.09. The van der Waals surface area contributed by atoms with Gasteiger partial charge in [0.2, 0.25) is 0 Å². The maximum atomic E-state index is 12.2. The van der Waals surface area contributed by atoms with Crippen molar-refractivity contribution < 1.29 is 4.79 Å². The fourth-order valence-electron chi connectivity index (χ4n) is 2.27. The van der Waals surface area contributed by atoms with Gasteiger partial charge in [-0.05, 0) is 51.5 Å². The molecule has 112 valence electrons. The smallest absolute Gasteiger partial charge is 0.270 e. The van der Waals surface area contributed by atoms with Gasteiger partial charge in [0.1, 0.15) is 5.69 Å². The molecule has 1 unspecified atom stereocenters. The molecule has 1 atom stereocenters. The lowest BCUT2D eigenvalue weighted by Gasteiger charge is -2.13. The van der Waals surface area contributed by atoms with Gasteiger partial charge in [0.25, 0.3) is 5.91 Å². The van der Waals surface area contributed by atoms with Gasteiger partial charge in [-0.2, -0.15) is 0 Å². The summed E-state index contributed by atoms with van der Waals surface area (Å²) in [6, 6.07) is 5.73. The fraction of sp³-hybridized carbons (Fsp3) is 0.375. The monoisotopic (exact) mass is 303 g/mol. The number of aromatic nitrogens is 1. The Bertz CT molecular complexity index is 619. The molecule has 0 saturated heterocycles. The molecule has 1 amide bonds. The van der Waals surface area contributed by atoms with Crippen LogP contribution in [0.2, 0.25) is 0 Å². The highest BCUT2D eigenvalue weighted by atomic mass is 32.1. The Labute approximate surface area is 129 Å². The number of hydrogen-bond acceptors (Lipinski definition) is 4. The van der Waals surface area contributed by atoms with Gasteiger partial charge in [-0.3, -0.25) is 4.79 Å². The lowest BCUT2D eigenvalue weighted by atomic mass is 10.1. The Kier molecular flexibility index (Phi) is 4.96. The van der Waals surface area contributed by atoms with Crippen molar-refractivity contribution in [3.8, 4) is 0 Å². The van der Waals surface area contributed by atoms with Gasteiger partial charge in [0, 0.05) is 16.3 Å². The van der Waals surface area contributed by atoms with Gasteiger partial charge in [-0.15, -0.1) is 11.3 Å². The van der Waals surface area contributed by atoms with E-state index in [2.05, 4.69) is 35.5 Å². The van der Waals surface area contributed by atoms with Crippen LogP contribution in [0.15, 0.2) is 24.4 Å². The molecule has 2 rings (SSSR count). The highest BCUT2D eigenvalue weighted by molar-refractivity contribution is 7.12. The van der Waals surface area contributed by atoms with Gasteiger partial charge in [0.05, 0.1) is 17.9 Å². The third-order valence-electron chi connectivity index (χ3n) is 3.27. The zero-order valence-corrected chi connectivity index (χ0v) is 13.7. The first-order chi connectivity index (χ1) is 10.0. The molecule has 21 heavy (non-hydrogen) atoms. The van der Waals surface area contributed by atoms with Gasteiger partial charge in [-0.25, -0.2) is 4.98 Å². The number of nitrogens with zero attached hydrogens (tertiary/aromatic N) is 1. The molecule has 0 aliphatic carbocycles.